The van der Waals surface area contributed by atoms with Gasteiger partial charge in [-0.05, 0) is 48.9 Å². The molecule has 0 radical (unpaired) electrons. The lowest BCUT2D eigenvalue weighted by Crippen LogP contribution is -2.32. The second-order valence-electron chi connectivity index (χ2n) is 6.73. The lowest BCUT2D eigenvalue weighted by atomic mass is 9.90. The number of nitrogens with zero attached hydrogens (tertiary/aromatic N) is 1. The van der Waals surface area contributed by atoms with Crippen LogP contribution in [0.2, 0.25) is 0 Å². The molecule has 0 aromatic heterocycles. The van der Waals surface area contributed by atoms with E-state index in [0.29, 0.717) is 17.4 Å². The summed E-state index contributed by atoms with van der Waals surface area (Å²) in [4.78, 5) is 2.57. The first kappa shape index (κ1) is 17.5. The molecule has 1 aliphatic heterocycles. The van der Waals surface area contributed by atoms with E-state index in [1.54, 1.807) is 0 Å². The van der Waals surface area contributed by atoms with Gasteiger partial charge in [0.2, 0.25) is 0 Å². The summed E-state index contributed by atoms with van der Waals surface area (Å²) in [6.07, 6.45) is 1.22. The number of rotatable bonds is 4. The number of benzene rings is 1. The number of hydrogen-bond acceptors (Lipinski definition) is 2. The molecule has 1 fully saturated rings. The predicted octanol–water partition coefficient (Wildman–Crippen LogP) is 3.96. The lowest BCUT2D eigenvalue weighted by Gasteiger charge is -2.27. The Kier molecular flexibility index (Phi) is 6.06. The average Bonchev–Trinajstić information content (AvgIpc) is 2.81. The van der Waals surface area contributed by atoms with E-state index in [4.69, 9.17) is 5.73 Å². The van der Waals surface area contributed by atoms with Crippen LogP contribution in [-0.4, -0.2) is 24.5 Å². The molecule has 2 atom stereocenters. The highest BCUT2D eigenvalue weighted by atomic mass is 35.5. The van der Waals surface area contributed by atoms with Gasteiger partial charge in [0.15, 0.2) is 0 Å². The Morgan fingerprint density at radius 1 is 1.15 bits per heavy atom. The van der Waals surface area contributed by atoms with Crippen LogP contribution in [0.1, 0.15) is 57.2 Å². The van der Waals surface area contributed by atoms with Crippen molar-refractivity contribution < 1.29 is 0 Å². The quantitative estimate of drug-likeness (QED) is 0.911. The maximum absolute atomic E-state index is 5.90. The summed E-state index contributed by atoms with van der Waals surface area (Å²) >= 11 is 0. The SMILES string of the molecule is CC(C)c1ccc(C(C)N2CCC(C)(CN)C2)cc1.Cl. The zero-order valence-corrected chi connectivity index (χ0v) is 14.0. The standard InChI is InChI=1S/C17H28N2.ClH/c1-13(2)15-5-7-16(8-6-15)14(3)19-10-9-17(4,11-18)12-19;/h5-8,13-14H,9-12,18H2,1-4H3;1H. The molecule has 2 N–H and O–H groups in total. The molecular weight excluding hydrogens is 268 g/mol. The Morgan fingerprint density at radius 3 is 2.15 bits per heavy atom. The van der Waals surface area contributed by atoms with Gasteiger partial charge in [-0.2, -0.15) is 0 Å². The van der Waals surface area contributed by atoms with Crippen molar-refractivity contribution in [3.8, 4) is 0 Å². The van der Waals surface area contributed by atoms with Gasteiger partial charge < -0.3 is 5.73 Å². The topological polar surface area (TPSA) is 29.3 Å². The highest BCUT2D eigenvalue weighted by Crippen LogP contribution is 2.34. The van der Waals surface area contributed by atoms with Gasteiger partial charge >= 0.3 is 0 Å². The summed E-state index contributed by atoms with van der Waals surface area (Å²) in [6.45, 7) is 12.2. The lowest BCUT2D eigenvalue weighted by molar-refractivity contribution is 0.227. The van der Waals surface area contributed by atoms with Crippen molar-refractivity contribution in [1.82, 2.24) is 4.90 Å². The number of nitrogens with two attached hydrogens (primary N) is 1. The van der Waals surface area contributed by atoms with Gasteiger partial charge in [-0.3, -0.25) is 4.90 Å². The minimum absolute atomic E-state index is 0. The van der Waals surface area contributed by atoms with Crippen molar-refractivity contribution in [2.75, 3.05) is 19.6 Å². The molecule has 2 nitrogen and oxygen atoms in total. The van der Waals surface area contributed by atoms with Crippen molar-refractivity contribution >= 4 is 12.4 Å². The molecule has 114 valence electrons. The van der Waals surface area contributed by atoms with Gasteiger partial charge in [-0.25, -0.2) is 0 Å². The summed E-state index contributed by atoms with van der Waals surface area (Å²) in [5.74, 6) is 0.608. The van der Waals surface area contributed by atoms with Crippen LogP contribution >= 0.6 is 12.4 Å². The molecular formula is C17H29ClN2. The molecule has 1 saturated heterocycles. The van der Waals surface area contributed by atoms with Crippen LogP contribution in [0.5, 0.6) is 0 Å². The third kappa shape index (κ3) is 3.75. The van der Waals surface area contributed by atoms with Gasteiger partial charge in [0.25, 0.3) is 0 Å². The van der Waals surface area contributed by atoms with Gasteiger partial charge in [0.1, 0.15) is 0 Å². The van der Waals surface area contributed by atoms with Gasteiger partial charge in [-0.15, -0.1) is 12.4 Å². The smallest absolute Gasteiger partial charge is 0.0320 e. The van der Waals surface area contributed by atoms with Crippen molar-refractivity contribution in [2.45, 2.75) is 46.1 Å². The van der Waals surface area contributed by atoms with Gasteiger partial charge in [0.05, 0.1) is 0 Å². The van der Waals surface area contributed by atoms with Gasteiger partial charge in [0, 0.05) is 12.6 Å². The van der Waals surface area contributed by atoms with E-state index >= 15 is 0 Å². The Labute approximate surface area is 130 Å². The molecule has 1 aromatic rings. The van der Waals surface area contributed by atoms with Crippen LogP contribution in [0, 0.1) is 5.41 Å². The van der Waals surface area contributed by atoms with Crippen LogP contribution in [0.25, 0.3) is 0 Å². The summed E-state index contributed by atoms with van der Waals surface area (Å²) in [5, 5.41) is 0. The van der Waals surface area contributed by atoms with Crippen LogP contribution in [-0.2, 0) is 0 Å². The fraction of sp³-hybridized carbons (Fsp3) is 0.647. The maximum Gasteiger partial charge on any atom is 0.0320 e. The fourth-order valence-corrected chi connectivity index (χ4v) is 2.93. The van der Waals surface area contributed by atoms with Crippen LogP contribution in [0.3, 0.4) is 0 Å². The molecule has 1 heterocycles. The first-order chi connectivity index (χ1) is 8.95. The Bertz CT molecular complexity index is 416. The van der Waals surface area contributed by atoms with E-state index in [1.807, 2.05) is 0 Å². The Hall–Kier alpha value is -0.570. The third-order valence-corrected chi connectivity index (χ3v) is 4.71. The summed E-state index contributed by atoms with van der Waals surface area (Å²) in [6, 6.07) is 9.62. The molecule has 20 heavy (non-hydrogen) atoms. The molecule has 2 rings (SSSR count). The van der Waals surface area contributed by atoms with E-state index < -0.39 is 0 Å². The molecule has 1 aromatic carbocycles. The highest BCUT2D eigenvalue weighted by molar-refractivity contribution is 5.85. The van der Waals surface area contributed by atoms with Crippen molar-refractivity contribution in [1.29, 1.82) is 0 Å². The first-order valence-electron chi connectivity index (χ1n) is 7.49. The predicted molar refractivity (Wildman–Crippen MR) is 89.5 cm³/mol. The molecule has 0 saturated carbocycles. The summed E-state index contributed by atoms with van der Waals surface area (Å²) in [7, 11) is 0. The Morgan fingerprint density at radius 2 is 1.70 bits per heavy atom. The monoisotopic (exact) mass is 296 g/mol. The summed E-state index contributed by atoms with van der Waals surface area (Å²) < 4.78 is 0. The molecule has 0 spiro atoms. The van der Waals surface area contributed by atoms with Crippen LogP contribution in [0.15, 0.2) is 24.3 Å². The molecule has 0 amide bonds. The van der Waals surface area contributed by atoms with Crippen LogP contribution < -0.4 is 5.73 Å². The van der Waals surface area contributed by atoms with Crippen LogP contribution in [0.4, 0.5) is 0 Å². The van der Waals surface area contributed by atoms with E-state index in [0.717, 1.165) is 13.1 Å². The molecule has 2 unspecified atom stereocenters. The number of hydrogen-bond donors (Lipinski definition) is 1. The second-order valence-corrected chi connectivity index (χ2v) is 6.73. The third-order valence-electron chi connectivity index (χ3n) is 4.71. The Balaban J connectivity index is 0.00000200. The van der Waals surface area contributed by atoms with Crippen molar-refractivity contribution in [3.63, 3.8) is 0 Å². The molecule has 1 aliphatic rings. The molecule has 0 bridgehead atoms. The largest absolute Gasteiger partial charge is 0.330 e. The zero-order valence-electron chi connectivity index (χ0n) is 13.2. The van der Waals surface area contributed by atoms with E-state index in [2.05, 4.69) is 56.9 Å². The summed E-state index contributed by atoms with van der Waals surface area (Å²) in [5.41, 5.74) is 9.05. The van der Waals surface area contributed by atoms with E-state index in [-0.39, 0.29) is 12.4 Å². The minimum Gasteiger partial charge on any atom is -0.330 e. The van der Waals surface area contributed by atoms with Crippen molar-refractivity contribution in [2.24, 2.45) is 11.1 Å². The molecule has 0 aliphatic carbocycles. The fourth-order valence-electron chi connectivity index (χ4n) is 2.93. The number of halogens is 1. The number of likely N-dealkylation sites (tertiary alicyclic amines) is 1. The normalized spacial score (nSPS) is 24.7. The molecule has 3 heteroatoms. The van der Waals surface area contributed by atoms with Crippen molar-refractivity contribution in [3.05, 3.63) is 35.4 Å². The average molecular weight is 297 g/mol. The second kappa shape index (κ2) is 6.93. The first-order valence-corrected chi connectivity index (χ1v) is 7.49. The van der Waals surface area contributed by atoms with E-state index in [9.17, 15) is 0 Å². The highest BCUT2D eigenvalue weighted by Gasteiger charge is 2.34. The zero-order chi connectivity index (χ0) is 14.0. The minimum atomic E-state index is 0. The maximum atomic E-state index is 5.90. The van der Waals surface area contributed by atoms with E-state index in [1.165, 1.54) is 24.1 Å². The van der Waals surface area contributed by atoms with Gasteiger partial charge in [-0.1, -0.05) is 45.0 Å².